The van der Waals surface area contributed by atoms with Gasteiger partial charge in [0.1, 0.15) is 45.0 Å². The Bertz CT molecular complexity index is 1970. The fourth-order valence-electron chi connectivity index (χ4n) is 4.29. The third-order valence-electron chi connectivity index (χ3n) is 6.41. The van der Waals surface area contributed by atoms with Gasteiger partial charge in [0.2, 0.25) is 5.13 Å². The number of aromatic nitrogens is 2. The van der Waals surface area contributed by atoms with E-state index in [1.165, 1.54) is 24.8 Å². The number of nitrogens with zero attached hydrogens (tertiary/aromatic N) is 3. The van der Waals surface area contributed by atoms with Crippen LogP contribution in [0.2, 0.25) is 10.0 Å². The Morgan fingerprint density at radius 3 is 2.40 bits per heavy atom. The van der Waals surface area contributed by atoms with E-state index in [1.807, 2.05) is 22.6 Å². The Kier molecular flexibility index (Phi) is 10.3. The molecule has 0 saturated heterocycles. The number of rotatable bonds is 11. The first-order valence-electron chi connectivity index (χ1n) is 13.0. The number of anilines is 1. The third-order valence-corrected chi connectivity index (χ3v) is 10.4. The zero-order chi connectivity index (χ0) is 32.3. The van der Waals surface area contributed by atoms with Crippen molar-refractivity contribution in [2.45, 2.75) is 18.4 Å². The first-order chi connectivity index (χ1) is 21.5. The molecule has 1 aromatic heterocycles. The highest BCUT2D eigenvalue weighted by Crippen LogP contribution is 2.41. The van der Waals surface area contributed by atoms with E-state index in [0.29, 0.717) is 32.8 Å². The lowest BCUT2D eigenvalue weighted by atomic mass is 10.0. The maximum Gasteiger partial charge on any atom is 0.269 e. The number of sulfonamides is 1. The van der Waals surface area contributed by atoms with Gasteiger partial charge < -0.3 is 14.2 Å². The molecular weight excluding hydrogens is 782 g/mol. The van der Waals surface area contributed by atoms with Crippen molar-refractivity contribution in [3.8, 4) is 34.1 Å². The van der Waals surface area contributed by atoms with Gasteiger partial charge in [0.05, 0.1) is 28.9 Å². The van der Waals surface area contributed by atoms with Crippen LogP contribution in [-0.4, -0.2) is 32.3 Å². The molecule has 5 rings (SSSR count). The van der Waals surface area contributed by atoms with Gasteiger partial charge >= 0.3 is 0 Å². The van der Waals surface area contributed by atoms with Crippen molar-refractivity contribution >= 4 is 72.3 Å². The Balaban J connectivity index is 1.52. The lowest BCUT2D eigenvalue weighted by molar-refractivity contribution is 0.332. The standard InChI is InChI=1S/C30H22Cl2F2IN3O5S2/c1-3-42-26-10-18(41-2)9-8-17(26)15-38(30-37-36-16-44-30)45(39,40)29-13-22(32)27(14-24(29)34)43-28-11-20(21(31)12-25(28)35)19-6-4-5-7-23(19)33/h4-14,16H,3,15H2,1-2H3. The summed E-state index contributed by atoms with van der Waals surface area (Å²) in [5, 5.41) is 7.78. The van der Waals surface area contributed by atoms with Crippen LogP contribution in [0.25, 0.3) is 11.1 Å². The average Bonchev–Trinajstić information content (AvgIpc) is 3.54. The highest BCUT2D eigenvalue weighted by Gasteiger charge is 2.32. The van der Waals surface area contributed by atoms with Crippen LogP contribution in [0.5, 0.6) is 23.0 Å². The van der Waals surface area contributed by atoms with Gasteiger partial charge in [-0.15, -0.1) is 10.2 Å². The second-order valence-electron chi connectivity index (χ2n) is 9.20. The van der Waals surface area contributed by atoms with Crippen molar-refractivity contribution in [1.29, 1.82) is 0 Å². The minimum atomic E-state index is -4.59. The van der Waals surface area contributed by atoms with Crippen LogP contribution in [0, 0.1) is 15.2 Å². The first-order valence-corrected chi connectivity index (χ1v) is 17.2. The third kappa shape index (κ3) is 7.12. The molecule has 5 aromatic rings. The quantitative estimate of drug-likeness (QED) is 0.123. The summed E-state index contributed by atoms with van der Waals surface area (Å²) in [4.78, 5) is -0.709. The van der Waals surface area contributed by atoms with Gasteiger partial charge in [-0.05, 0) is 65.9 Å². The average molecular weight is 804 g/mol. The largest absolute Gasteiger partial charge is 0.497 e. The smallest absolute Gasteiger partial charge is 0.269 e. The van der Waals surface area contributed by atoms with Gasteiger partial charge in [-0.25, -0.2) is 21.5 Å². The molecule has 0 N–H and O–H groups in total. The predicted octanol–water partition coefficient (Wildman–Crippen LogP) is 8.99. The Hall–Kier alpha value is -3.24. The topological polar surface area (TPSA) is 90.9 Å². The first kappa shape index (κ1) is 33.1. The van der Waals surface area contributed by atoms with Crippen LogP contribution in [0.15, 0.2) is 77.1 Å². The number of halogens is 5. The summed E-state index contributed by atoms with van der Waals surface area (Å²) in [6.07, 6.45) is 0. The van der Waals surface area contributed by atoms with E-state index < -0.39 is 26.6 Å². The normalized spacial score (nSPS) is 11.4. The molecule has 234 valence electrons. The van der Waals surface area contributed by atoms with E-state index >= 15 is 4.39 Å². The minimum Gasteiger partial charge on any atom is -0.497 e. The van der Waals surface area contributed by atoms with Crippen LogP contribution < -0.4 is 18.5 Å². The number of hydrogen-bond donors (Lipinski definition) is 0. The van der Waals surface area contributed by atoms with Gasteiger partial charge in [0.25, 0.3) is 10.0 Å². The van der Waals surface area contributed by atoms with Gasteiger partial charge in [-0.1, -0.05) is 52.7 Å². The van der Waals surface area contributed by atoms with Crippen LogP contribution in [-0.2, 0) is 16.6 Å². The van der Waals surface area contributed by atoms with Crippen LogP contribution in [0.3, 0.4) is 0 Å². The fourth-order valence-corrected chi connectivity index (χ4v) is 7.83. The monoisotopic (exact) mass is 803 g/mol. The molecule has 0 saturated carbocycles. The molecule has 0 amide bonds. The number of benzene rings is 4. The van der Waals surface area contributed by atoms with Crippen LogP contribution in [0.1, 0.15) is 12.5 Å². The highest BCUT2D eigenvalue weighted by atomic mass is 127. The van der Waals surface area contributed by atoms with Crippen molar-refractivity contribution in [3.63, 3.8) is 0 Å². The van der Waals surface area contributed by atoms with Gasteiger partial charge in [0, 0.05) is 33.8 Å². The number of hydrogen-bond acceptors (Lipinski definition) is 8. The number of methoxy groups -OCH3 is 1. The summed E-state index contributed by atoms with van der Waals surface area (Å²) in [5.41, 5.74) is 2.42. The van der Waals surface area contributed by atoms with Crippen molar-refractivity contribution in [2.24, 2.45) is 0 Å². The molecule has 0 aliphatic carbocycles. The van der Waals surface area contributed by atoms with E-state index in [-0.39, 0.29) is 38.8 Å². The Morgan fingerprint density at radius 1 is 0.933 bits per heavy atom. The van der Waals surface area contributed by atoms with Crippen molar-refractivity contribution < 1.29 is 31.4 Å². The second kappa shape index (κ2) is 14.0. The summed E-state index contributed by atoms with van der Waals surface area (Å²) in [6.45, 7) is 1.84. The van der Waals surface area contributed by atoms with E-state index in [4.69, 9.17) is 37.4 Å². The molecule has 15 heteroatoms. The Labute approximate surface area is 285 Å². The van der Waals surface area contributed by atoms with Crippen molar-refractivity contribution in [2.75, 3.05) is 18.0 Å². The maximum atomic E-state index is 15.7. The van der Waals surface area contributed by atoms with Crippen LogP contribution in [0.4, 0.5) is 13.9 Å². The lowest BCUT2D eigenvalue weighted by Crippen LogP contribution is -2.31. The van der Waals surface area contributed by atoms with Crippen molar-refractivity contribution in [3.05, 3.63) is 103 Å². The summed E-state index contributed by atoms with van der Waals surface area (Å²) in [5.74, 6) is -0.679. The summed E-state index contributed by atoms with van der Waals surface area (Å²) < 4.78 is 76.6. The Morgan fingerprint density at radius 2 is 1.71 bits per heavy atom. The van der Waals surface area contributed by atoms with E-state index in [1.54, 1.807) is 49.4 Å². The molecule has 0 spiro atoms. The predicted molar refractivity (Wildman–Crippen MR) is 178 cm³/mol. The molecule has 0 unspecified atom stereocenters. The maximum absolute atomic E-state index is 15.7. The summed E-state index contributed by atoms with van der Waals surface area (Å²) in [7, 11) is -3.10. The molecular formula is C30H22Cl2F2IN3O5S2. The second-order valence-corrected chi connectivity index (χ2v) is 13.8. The molecule has 4 aromatic carbocycles. The molecule has 0 bridgehead atoms. The minimum absolute atomic E-state index is 0.000470. The van der Waals surface area contributed by atoms with E-state index in [9.17, 15) is 12.8 Å². The summed E-state index contributed by atoms with van der Waals surface area (Å²) in [6, 6.07) is 15.9. The molecule has 0 atom stereocenters. The molecule has 8 nitrogen and oxygen atoms in total. The lowest BCUT2D eigenvalue weighted by Gasteiger charge is -2.23. The van der Waals surface area contributed by atoms with Gasteiger partial charge in [-0.2, -0.15) is 0 Å². The van der Waals surface area contributed by atoms with E-state index in [2.05, 4.69) is 10.2 Å². The van der Waals surface area contributed by atoms with Gasteiger partial charge in [0.15, 0.2) is 0 Å². The SMILES string of the molecule is CCOc1cc(OC)ccc1CN(c1nncs1)S(=O)(=O)c1cc(Cl)c(Oc2cc(-c3ccccc3F)c(Cl)cc2I)cc1F. The molecule has 0 radical (unpaired) electrons. The van der Waals surface area contributed by atoms with Crippen LogP contribution >= 0.6 is 57.1 Å². The highest BCUT2D eigenvalue weighted by molar-refractivity contribution is 14.1. The number of ether oxygens (including phenoxy) is 3. The molecule has 0 aliphatic heterocycles. The summed E-state index contributed by atoms with van der Waals surface area (Å²) >= 11 is 15.8. The molecule has 0 aliphatic rings. The van der Waals surface area contributed by atoms with Crippen molar-refractivity contribution in [1.82, 2.24) is 10.2 Å². The van der Waals surface area contributed by atoms with E-state index in [0.717, 1.165) is 27.8 Å². The van der Waals surface area contributed by atoms with Gasteiger partial charge in [-0.3, -0.25) is 0 Å². The zero-order valence-electron chi connectivity index (χ0n) is 23.4. The molecule has 1 heterocycles. The fraction of sp³-hybridized carbons (Fsp3) is 0.133. The zero-order valence-corrected chi connectivity index (χ0v) is 28.7. The molecule has 45 heavy (non-hydrogen) atoms. The molecule has 0 fully saturated rings.